The number of carbonyl (C=O) groups excluding carboxylic acids is 1. The molecule has 0 aromatic carbocycles. The Kier molecular flexibility index (Phi) is 21.8. The van der Waals surface area contributed by atoms with Gasteiger partial charge < -0.3 is 4.74 Å². The average molecular weight is 411 g/mol. The summed E-state index contributed by atoms with van der Waals surface area (Å²) in [6.07, 6.45) is 23.9. The van der Waals surface area contributed by atoms with Gasteiger partial charge in [0.25, 0.3) is 0 Å². The maximum absolute atomic E-state index is 12.7. The first-order valence-electron chi connectivity index (χ1n) is 13.3. The Balaban J connectivity index is 4.11. The maximum atomic E-state index is 12.7. The molecule has 0 bridgehead atoms. The third kappa shape index (κ3) is 19.2. The molecule has 0 radical (unpaired) electrons. The number of carbonyl (C=O) groups is 1. The van der Waals surface area contributed by atoms with E-state index < -0.39 is 0 Å². The highest BCUT2D eigenvalue weighted by Gasteiger charge is 2.19. The first kappa shape index (κ1) is 28.5. The Morgan fingerprint density at radius 3 is 1.48 bits per heavy atom. The molecule has 0 rings (SSSR count). The van der Waals surface area contributed by atoms with E-state index in [0.717, 1.165) is 19.3 Å². The van der Waals surface area contributed by atoms with E-state index in [-0.39, 0.29) is 11.9 Å². The number of ether oxygens (including phenoxy) is 1. The van der Waals surface area contributed by atoms with Gasteiger partial charge in [0, 0.05) is 0 Å². The zero-order chi connectivity index (χ0) is 21.6. The smallest absolute Gasteiger partial charge is 0.308 e. The summed E-state index contributed by atoms with van der Waals surface area (Å²) in [5.41, 5.74) is 0. The maximum Gasteiger partial charge on any atom is 0.308 e. The van der Waals surface area contributed by atoms with Crippen LogP contribution in [-0.2, 0) is 9.53 Å². The lowest BCUT2D eigenvalue weighted by Crippen LogP contribution is -2.19. The van der Waals surface area contributed by atoms with E-state index in [4.69, 9.17) is 4.74 Å². The van der Waals surface area contributed by atoms with Crippen LogP contribution in [0.2, 0.25) is 0 Å². The summed E-state index contributed by atoms with van der Waals surface area (Å²) in [6.45, 7) is 9.64. The van der Waals surface area contributed by atoms with Gasteiger partial charge >= 0.3 is 5.97 Å². The van der Waals surface area contributed by atoms with Gasteiger partial charge in [-0.2, -0.15) is 0 Å². The molecule has 0 fully saturated rings. The van der Waals surface area contributed by atoms with Crippen LogP contribution in [-0.4, -0.2) is 12.6 Å². The fourth-order valence-corrected chi connectivity index (χ4v) is 4.19. The highest BCUT2D eigenvalue weighted by Crippen LogP contribution is 2.21. The molecule has 0 aliphatic heterocycles. The lowest BCUT2D eigenvalue weighted by atomic mass is 9.94. The van der Waals surface area contributed by atoms with E-state index >= 15 is 0 Å². The Hall–Kier alpha value is -0.530. The molecule has 2 atom stereocenters. The van der Waals surface area contributed by atoms with E-state index in [1.165, 1.54) is 103 Å². The van der Waals surface area contributed by atoms with E-state index in [2.05, 4.69) is 27.7 Å². The van der Waals surface area contributed by atoms with Crippen molar-refractivity contribution in [2.24, 2.45) is 11.8 Å². The fraction of sp³-hybridized carbons (Fsp3) is 0.963. The predicted molar refractivity (Wildman–Crippen MR) is 128 cm³/mol. The van der Waals surface area contributed by atoms with Gasteiger partial charge in [-0.1, -0.05) is 130 Å². The molecule has 0 N–H and O–H groups in total. The largest absolute Gasteiger partial charge is 0.465 e. The van der Waals surface area contributed by atoms with Gasteiger partial charge in [0.1, 0.15) is 0 Å². The van der Waals surface area contributed by atoms with Crippen LogP contribution in [0, 0.1) is 11.8 Å². The summed E-state index contributed by atoms with van der Waals surface area (Å²) in [5.74, 6) is 0.894. The van der Waals surface area contributed by atoms with Gasteiger partial charge in [-0.25, -0.2) is 0 Å². The van der Waals surface area contributed by atoms with Crippen LogP contribution in [0.15, 0.2) is 0 Å². The predicted octanol–water partition coefficient (Wildman–Crippen LogP) is 9.25. The molecule has 29 heavy (non-hydrogen) atoms. The fourth-order valence-electron chi connectivity index (χ4n) is 4.19. The Morgan fingerprint density at radius 1 is 0.586 bits per heavy atom. The van der Waals surface area contributed by atoms with Crippen LogP contribution in [0.25, 0.3) is 0 Å². The molecule has 0 amide bonds. The summed E-state index contributed by atoms with van der Waals surface area (Å²) in [5, 5.41) is 0. The molecule has 0 aromatic rings. The van der Waals surface area contributed by atoms with Crippen LogP contribution >= 0.6 is 0 Å². The summed E-state index contributed by atoms with van der Waals surface area (Å²) in [6, 6.07) is 0. The van der Waals surface area contributed by atoms with Gasteiger partial charge in [0.15, 0.2) is 0 Å². The summed E-state index contributed by atoms with van der Waals surface area (Å²) in [4.78, 5) is 12.7. The topological polar surface area (TPSA) is 26.3 Å². The Labute approximate surface area is 184 Å². The highest BCUT2D eigenvalue weighted by atomic mass is 16.5. The Bertz CT molecular complexity index is 339. The van der Waals surface area contributed by atoms with Crippen molar-refractivity contribution in [3.8, 4) is 0 Å². The second-order valence-corrected chi connectivity index (χ2v) is 9.37. The van der Waals surface area contributed by atoms with E-state index in [0.29, 0.717) is 12.5 Å². The average Bonchev–Trinajstić information content (AvgIpc) is 2.71. The molecule has 0 spiro atoms. The van der Waals surface area contributed by atoms with Crippen molar-refractivity contribution >= 4 is 5.97 Å². The van der Waals surface area contributed by atoms with Gasteiger partial charge in [-0.05, 0) is 25.2 Å². The molecule has 174 valence electrons. The number of hydrogen-bond acceptors (Lipinski definition) is 2. The molecule has 0 saturated heterocycles. The molecular formula is C27H54O2. The second-order valence-electron chi connectivity index (χ2n) is 9.37. The van der Waals surface area contributed by atoms with Crippen LogP contribution in [0.5, 0.6) is 0 Å². The van der Waals surface area contributed by atoms with Crippen molar-refractivity contribution in [2.45, 2.75) is 150 Å². The number of hydrogen-bond donors (Lipinski definition) is 0. The number of unbranched alkanes of at least 4 members (excludes halogenated alkanes) is 12. The van der Waals surface area contributed by atoms with Crippen molar-refractivity contribution in [3.05, 3.63) is 0 Å². The third-order valence-electron chi connectivity index (χ3n) is 6.28. The van der Waals surface area contributed by atoms with Crippen LogP contribution in [0.1, 0.15) is 150 Å². The SMILES string of the molecule is CCCCCCCCCCC(CCCCCCCC)C(=O)OCCC(C)CCC. The third-order valence-corrected chi connectivity index (χ3v) is 6.28. The molecule has 2 nitrogen and oxygen atoms in total. The molecular weight excluding hydrogens is 356 g/mol. The van der Waals surface area contributed by atoms with Crippen LogP contribution in [0.3, 0.4) is 0 Å². The molecule has 2 unspecified atom stereocenters. The minimum Gasteiger partial charge on any atom is -0.465 e. The lowest BCUT2D eigenvalue weighted by molar-refractivity contribution is -0.149. The zero-order valence-corrected chi connectivity index (χ0v) is 20.6. The molecule has 0 aliphatic rings. The number of rotatable bonds is 22. The summed E-state index contributed by atoms with van der Waals surface area (Å²) in [7, 11) is 0. The van der Waals surface area contributed by atoms with Crippen molar-refractivity contribution in [1.29, 1.82) is 0 Å². The standard InChI is InChI=1S/C27H54O2/c1-5-8-10-12-14-15-17-19-22-26(21-18-16-13-11-9-6-2)27(28)29-24-23-25(4)20-7-3/h25-26H,5-24H2,1-4H3. The number of esters is 1. The quantitative estimate of drug-likeness (QED) is 0.131. The lowest BCUT2D eigenvalue weighted by Gasteiger charge is -2.17. The van der Waals surface area contributed by atoms with Crippen molar-refractivity contribution in [3.63, 3.8) is 0 Å². The van der Waals surface area contributed by atoms with E-state index in [9.17, 15) is 4.79 Å². The minimum atomic E-state index is 0.0882. The Morgan fingerprint density at radius 2 is 1.03 bits per heavy atom. The van der Waals surface area contributed by atoms with Crippen molar-refractivity contribution < 1.29 is 9.53 Å². The normalized spacial score (nSPS) is 13.4. The van der Waals surface area contributed by atoms with Gasteiger partial charge in [0.05, 0.1) is 12.5 Å². The summed E-state index contributed by atoms with van der Waals surface area (Å²) >= 11 is 0. The molecule has 0 heterocycles. The van der Waals surface area contributed by atoms with Crippen LogP contribution in [0.4, 0.5) is 0 Å². The minimum absolute atomic E-state index is 0.0882. The van der Waals surface area contributed by atoms with E-state index in [1.807, 2.05) is 0 Å². The first-order chi connectivity index (χ1) is 14.2. The van der Waals surface area contributed by atoms with Crippen LogP contribution < -0.4 is 0 Å². The molecule has 0 saturated carbocycles. The molecule has 0 aromatic heterocycles. The van der Waals surface area contributed by atoms with E-state index in [1.54, 1.807) is 0 Å². The van der Waals surface area contributed by atoms with Gasteiger partial charge in [-0.15, -0.1) is 0 Å². The van der Waals surface area contributed by atoms with Crippen molar-refractivity contribution in [2.75, 3.05) is 6.61 Å². The summed E-state index contributed by atoms with van der Waals surface area (Å²) < 4.78 is 5.70. The zero-order valence-electron chi connectivity index (χ0n) is 20.6. The monoisotopic (exact) mass is 410 g/mol. The van der Waals surface area contributed by atoms with Gasteiger partial charge in [-0.3, -0.25) is 4.79 Å². The van der Waals surface area contributed by atoms with Crippen molar-refractivity contribution in [1.82, 2.24) is 0 Å². The molecule has 0 aliphatic carbocycles. The highest BCUT2D eigenvalue weighted by molar-refractivity contribution is 5.72. The molecule has 2 heteroatoms. The first-order valence-corrected chi connectivity index (χ1v) is 13.3. The second kappa shape index (κ2) is 22.2. The van der Waals surface area contributed by atoms with Gasteiger partial charge in [0.2, 0.25) is 0 Å².